The van der Waals surface area contributed by atoms with E-state index in [1.54, 1.807) is 0 Å². The van der Waals surface area contributed by atoms with E-state index in [0.29, 0.717) is 6.04 Å². The van der Waals surface area contributed by atoms with Gasteiger partial charge in [0.2, 0.25) is 0 Å². The molecule has 1 aliphatic rings. The van der Waals surface area contributed by atoms with Gasteiger partial charge < -0.3 is 0 Å². The SMILES string of the molecule is CC1CCCCN1Cc1ccc2ccccc2n1. The highest BCUT2D eigenvalue weighted by Gasteiger charge is 2.18. The van der Waals surface area contributed by atoms with Crippen molar-refractivity contribution in [2.75, 3.05) is 6.54 Å². The van der Waals surface area contributed by atoms with Crippen LogP contribution in [0.4, 0.5) is 0 Å². The zero-order valence-electron chi connectivity index (χ0n) is 11.0. The quantitative estimate of drug-likeness (QED) is 0.797. The molecule has 1 aliphatic heterocycles. The van der Waals surface area contributed by atoms with Gasteiger partial charge in [-0.15, -0.1) is 0 Å². The van der Waals surface area contributed by atoms with Gasteiger partial charge in [0.25, 0.3) is 0 Å². The molecule has 2 aromatic rings. The maximum atomic E-state index is 4.76. The molecule has 2 nitrogen and oxygen atoms in total. The summed E-state index contributed by atoms with van der Waals surface area (Å²) in [6.07, 6.45) is 4.04. The van der Waals surface area contributed by atoms with Crippen molar-refractivity contribution in [3.63, 3.8) is 0 Å². The van der Waals surface area contributed by atoms with Gasteiger partial charge in [-0.25, -0.2) is 0 Å². The Morgan fingerprint density at radius 2 is 2.06 bits per heavy atom. The first-order valence-electron chi connectivity index (χ1n) is 6.92. The lowest BCUT2D eigenvalue weighted by molar-refractivity contribution is 0.151. The van der Waals surface area contributed by atoms with Crippen LogP contribution in [0.2, 0.25) is 0 Å². The number of likely N-dealkylation sites (tertiary alicyclic amines) is 1. The maximum Gasteiger partial charge on any atom is 0.0705 e. The van der Waals surface area contributed by atoms with Crippen LogP contribution in [0, 0.1) is 0 Å². The molecule has 0 aliphatic carbocycles. The van der Waals surface area contributed by atoms with Crippen molar-refractivity contribution >= 4 is 10.9 Å². The molecule has 2 heterocycles. The van der Waals surface area contributed by atoms with Crippen LogP contribution in [0.15, 0.2) is 36.4 Å². The fourth-order valence-electron chi connectivity index (χ4n) is 2.80. The molecular weight excluding hydrogens is 220 g/mol. The number of nitrogens with zero attached hydrogens (tertiary/aromatic N) is 2. The van der Waals surface area contributed by atoms with Crippen molar-refractivity contribution in [1.29, 1.82) is 0 Å². The van der Waals surface area contributed by atoms with Gasteiger partial charge in [-0.3, -0.25) is 9.88 Å². The lowest BCUT2D eigenvalue weighted by atomic mass is 10.0. The molecule has 18 heavy (non-hydrogen) atoms. The van der Waals surface area contributed by atoms with E-state index in [4.69, 9.17) is 4.98 Å². The van der Waals surface area contributed by atoms with Gasteiger partial charge in [0.15, 0.2) is 0 Å². The number of pyridine rings is 1. The predicted molar refractivity (Wildman–Crippen MR) is 75.5 cm³/mol. The molecule has 1 saturated heterocycles. The summed E-state index contributed by atoms with van der Waals surface area (Å²) < 4.78 is 0. The number of rotatable bonds is 2. The Hall–Kier alpha value is -1.41. The minimum Gasteiger partial charge on any atom is -0.295 e. The van der Waals surface area contributed by atoms with Gasteiger partial charge in [-0.05, 0) is 38.4 Å². The van der Waals surface area contributed by atoms with Crippen molar-refractivity contribution in [3.8, 4) is 0 Å². The van der Waals surface area contributed by atoms with Crippen molar-refractivity contribution in [1.82, 2.24) is 9.88 Å². The van der Waals surface area contributed by atoms with Crippen LogP contribution in [0.5, 0.6) is 0 Å². The summed E-state index contributed by atoms with van der Waals surface area (Å²) >= 11 is 0. The van der Waals surface area contributed by atoms with Gasteiger partial charge in [-0.1, -0.05) is 30.7 Å². The first-order valence-corrected chi connectivity index (χ1v) is 6.92. The van der Waals surface area contributed by atoms with E-state index in [1.165, 1.54) is 36.9 Å². The second-order valence-corrected chi connectivity index (χ2v) is 5.31. The molecule has 1 aromatic carbocycles. The van der Waals surface area contributed by atoms with E-state index in [9.17, 15) is 0 Å². The summed E-state index contributed by atoms with van der Waals surface area (Å²) in [5.74, 6) is 0. The highest BCUT2D eigenvalue weighted by Crippen LogP contribution is 2.19. The number of hydrogen-bond donors (Lipinski definition) is 0. The molecule has 1 atom stereocenters. The highest BCUT2D eigenvalue weighted by atomic mass is 15.2. The molecule has 0 saturated carbocycles. The topological polar surface area (TPSA) is 16.1 Å². The zero-order chi connectivity index (χ0) is 12.4. The van der Waals surface area contributed by atoms with Crippen molar-refractivity contribution in [2.45, 2.75) is 38.8 Å². The van der Waals surface area contributed by atoms with E-state index in [2.05, 4.69) is 48.2 Å². The molecule has 0 amide bonds. The summed E-state index contributed by atoms with van der Waals surface area (Å²) in [7, 11) is 0. The minimum atomic E-state index is 0.701. The van der Waals surface area contributed by atoms with Crippen LogP contribution in [0.3, 0.4) is 0 Å². The molecular formula is C16H20N2. The third kappa shape index (κ3) is 2.39. The summed E-state index contributed by atoms with van der Waals surface area (Å²) in [5.41, 5.74) is 2.31. The van der Waals surface area contributed by atoms with Gasteiger partial charge in [0.05, 0.1) is 11.2 Å². The number of benzene rings is 1. The molecule has 94 valence electrons. The third-order valence-corrected chi connectivity index (χ3v) is 3.96. The Morgan fingerprint density at radius 3 is 2.94 bits per heavy atom. The monoisotopic (exact) mass is 240 g/mol. The first-order chi connectivity index (χ1) is 8.83. The van der Waals surface area contributed by atoms with Gasteiger partial charge >= 0.3 is 0 Å². The number of hydrogen-bond acceptors (Lipinski definition) is 2. The lowest BCUT2D eigenvalue weighted by Crippen LogP contribution is -2.36. The molecule has 0 spiro atoms. The molecule has 0 bridgehead atoms. The third-order valence-electron chi connectivity index (χ3n) is 3.96. The first kappa shape index (κ1) is 11.7. The maximum absolute atomic E-state index is 4.76. The molecule has 0 radical (unpaired) electrons. The van der Waals surface area contributed by atoms with E-state index in [1.807, 2.05) is 0 Å². The molecule has 1 aromatic heterocycles. The Morgan fingerprint density at radius 1 is 1.17 bits per heavy atom. The lowest BCUT2D eigenvalue weighted by Gasteiger charge is -2.32. The average Bonchev–Trinajstić information content (AvgIpc) is 2.41. The summed E-state index contributed by atoms with van der Waals surface area (Å²) in [6, 6.07) is 13.4. The van der Waals surface area contributed by atoms with Gasteiger partial charge in [0, 0.05) is 18.0 Å². The number of aromatic nitrogens is 1. The highest BCUT2D eigenvalue weighted by molar-refractivity contribution is 5.78. The molecule has 1 fully saturated rings. The van der Waals surface area contributed by atoms with Crippen LogP contribution in [-0.4, -0.2) is 22.5 Å². The Kier molecular flexibility index (Phi) is 3.28. The molecule has 2 heteroatoms. The van der Waals surface area contributed by atoms with Crippen molar-refractivity contribution in [2.24, 2.45) is 0 Å². The predicted octanol–water partition coefficient (Wildman–Crippen LogP) is 3.61. The smallest absolute Gasteiger partial charge is 0.0705 e. The Bertz CT molecular complexity index is 535. The zero-order valence-corrected chi connectivity index (χ0v) is 11.0. The van der Waals surface area contributed by atoms with Gasteiger partial charge in [-0.2, -0.15) is 0 Å². The fraction of sp³-hybridized carbons (Fsp3) is 0.438. The van der Waals surface area contributed by atoms with E-state index >= 15 is 0 Å². The normalized spacial score (nSPS) is 21.3. The van der Waals surface area contributed by atoms with E-state index in [-0.39, 0.29) is 0 Å². The summed E-state index contributed by atoms with van der Waals surface area (Å²) in [5, 5.41) is 1.23. The fourth-order valence-corrected chi connectivity index (χ4v) is 2.80. The Balaban J connectivity index is 1.81. The summed E-state index contributed by atoms with van der Waals surface area (Å²) in [6.45, 7) is 4.54. The van der Waals surface area contributed by atoms with Crippen molar-refractivity contribution < 1.29 is 0 Å². The van der Waals surface area contributed by atoms with Gasteiger partial charge in [0.1, 0.15) is 0 Å². The minimum absolute atomic E-state index is 0.701. The second-order valence-electron chi connectivity index (χ2n) is 5.31. The van der Waals surface area contributed by atoms with Crippen molar-refractivity contribution in [3.05, 3.63) is 42.1 Å². The van der Waals surface area contributed by atoms with E-state index in [0.717, 1.165) is 12.1 Å². The Labute approximate surface area is 109 Å². The number of piperidine rings is 1. The largest absolute Gasteiger partial charge is 0.295 e. The van der Waals surface area contributed by atoms with Crippen LogP contribution >= 0.6 is 0 Å². The molecule has 1 unspecified atom stereocenters. The van der Waals surface area contributed by atoms with Crippen LogP contribution in [-0.2, 0) is 6.54 Å². The molecule has 0 N–H and O–H groups in total. The summed E-state index contributed by atoms with van der Waals surface area (Å²) in [4.78, 5) is 7.32. The number of para-hydroxylation sites is 1. The average molecular weight is 240 g/mol. The standard InChI is InChI=1S/C16H20N2/c1-13-6-4-5-11-18(13)12-15-10-9-14-7-2-3-8-16(14)17-15/h2-3,7-10,13H,4-6,11-12H2,1H3. The molecule has 3 rings (SSSR count). The van der Waals surface area contributed by atoms with Crippen LogP contribution < -0.4 is 0 Å². The number of fused-ring (bicyclic) bond motifs is 1. The van der Waals surface area contributed by atoms with Crippen LogP contribution in [0.25, 0.3) is 10.9 Å². The van der Waals surface area contributed by atoms with Crippen LogP contribution in [0.1, 0.15) is 31.9 Å². The van der Waals surface area contributed by atoms with E-state index < -0.39 is 0 Å². The second kappa shape index (κ2) is 5.07.